The monoisotopic (exact) mass is 1160 g/mol. The highest BCUT2D eigenvalue weighted by molar-refractivity contribution is 5.71. The van der Waals surface area contributed by atoms with E-state index in [1.165, 1.54) is 257 Å². The number of esters is 3. The van der Waals surface area contributed by atoms with Crippen LogP contribution in [0.4, 0.5) is 0 Å². The second-order valence-electron chi connectivity index (χ2n) is 24.5. The zero-order valence-corrected chi connectivity index (χ0v) is 55.5. The molecule has 0 aromatic heterocycles. The van der Waals surface area contributed by atoms with Gasteiger partial charge in [-0.3, -0.25) is 14.4 Å². The molecule has 0 aliphatic heterocycles. The molecule has 0 fully saturated rings. The summed E-state index contributed by atoms with van der Waals surface area (Å²) in [5.41, 5.74) is 0. The molecule has 0 N–H and O–H groups in total. The predicted octanol–water partition coefficient (Wildman–Crippen LogP) is 25.2. The number of ether oxygens (including phenoxy) is 3. The Labute approximate surface area is 516 Å². The van der Waals surface area contributed by atoms with E-state index in [1.54, 1.807) is 0 Å². The Bertz CT molecular complexity index is 1520. The van der Waals surface area contributed by atoms with Crippen LogP contribution in [0.5, 0.6) is 0 Å². The fraction of sp³-hybridized carbons (Fsp3) is 0.805. The lowest BCUT2D eigenvalue weighted by atomic mass is 10.0. The quantitative estimate of drug-likeness (QED) is 0.0261. The molecule has 6 heteroatoms. The van der Waals surface area contributed by atoms with Crippen LogP contribution in [-0.2, 0) is 28.6 Å². The van der Waals surface area contributed by atoms with Crippen LogP contribution in [0.1, 0.15) is 380 Å². The molecule has 0 saturated heterocycles. The van der Waals surface area contributed by atoms with Gasteiger partial charge in [0.15, 0.2) is 6.10 Å². The van der Waals surface area contributed by atoms with Crippen molar-refractivity contribution >= 4 is 17.9 Å². The van der Waals surface area contributed by atoms with Crippen molar-refractivity contribution < 1.29 is 28.6 Å². The summed E-state index contributed by atoms with van der Waals surface area (Å²) in [6.07, 6.45) is 93.9. The van der Waals surface area contributed by atoms with Crippen LogP contribution < -0.4 is 0 Å². The Morgan fingerprint density at radius 3 is 0.711 bits per heavy atom. The first kappa shape index (κ1) is 79.8. The molecule has 0 heterocycles. The normalized spacial score (nSPS) is 12.5. The van der Waals surface area contributed by atoms with Crippen molar-refractivity contribution in [3.8, 4) is 0 Å². The van der Waals surface area contributed by atoms with E-state index in [9.17, 15) is 14.4 Å². The molecule has 0 aromatic carbocycles. The minimum atomic E-state index is -0.815. The Morgan fingerprint density at radius 2 is 0.470 bits per heavy atom. The van der Waals surface area contributed by atoms with E-state index in [2.05, 4.69) is 87.6 Å². The smallest absolute Gasteiger partial charge is 0.306 e. The standard InChI is InChI=1S/C77H138O6/c1-4-7-10-13-16-19-22-25-28-31-34-35-36-37-38-39-40-41-42-44-46-49-52-55-58-61-64-67-70-76(79)82-73-74(72-81-75(78)69-66-63-60-57-54-51-48-45-33-30-27-24-21-18-15-12-9-6-3)83-77(80)71-68-65-62-59-56-53-50-47-43-32-29-26-23-20-17-14-11-8-5-2/h8,11,17,20,26,29,43,47,53,56,62,65,74H,4-7,9-10,12-16,18-19,21-25,27-28,30-42,44-46,48-52,54-55,57-61,63-64,66-73H2,1-3H3/b11-8-,20-17-,29-26-,47-43-,56-53-,65-62-. The molecule has 0 rings (SSSR count). The number of hydrogen-bond donors (Lipinski definition) is 0. The molecule has 0 radical (unpaired) electrons. The molecule has 0 aliphatic carbocycles. The fourth-order valence-electron chi connectivity index (χ4n) is 10.8. The van der Waals surface area contributed by atoms with Crippen LogP contribution in [0.2, 0.25) is 0 Å². The van der Waals surface area contributed by atoms with Crippen molar-refractivity contribution in [3.63, 3.8) is 0 Å². The van der Waals surface area contributed by atoms with Crippen molar-refractivity contribution in [2.75, 3.05) is 13.2 Å². The third-order valence-electron chi connectivity index (χ3n) is 16.2. The largest absolute Gasteiger partial charge is 0.462 e. The highest BCUT2D eigenvalue weighted by atomic mass is 16.6. The van der Waals surface area contributed by atoms with Crippen LogP contribution in [0.25, 0.3) is 0 Å². The van der Waals surface area contributed by atoms with E-state index < -0.39 is 6.10 Å². The predicted molar refractivity (Wildman–Crippen MR) is 362 cm³/mol. The second-order valence-corrected chi connectivity index (χ2v) is 24.5. The minimum absolute atomic E-state index is 0.101. The van der Waals surface area contributed by atoms with Crippen molar-refractivity contribution in [2.45, 2.75) is 386 Å². The third-order valence-corrected chi connectivity index (χ3v) is 16.2. The van der Waals surface area contributed by atoms with Gasteiger partial charge in [0.2, 0.25) is 0 Å². The minimum Gasteiger partial charge on any atom is -0.462 e. The van der Waals surface area contributed by atoms with Crippen LogP contribution >= 0.6 is 0 Å². The van der Waals surface area contributed by atoms with Gasteiger partial charge in [-0.15, -0.1) is 0 Å². The van der Waals surface area contributed by atoms with Crippen molar-refractivity contribution in [3.05, 3.63) is 72.9 Å². The molecule has 0 spiro atoms. The molecule has 1 unspecified atom stereocenters. The molecule has 0 aliphatic rings. The number of carbonyl (C=O) groups is 3. The van der Waals surface area contributed by atoms with Gasteiger partial charge in [0.05, 0.1) is 0 Å². The number of carbonyl (C=O) groups excluding carboxylic acids is 3. The highest BCUT2D eigenvalue weighted by Crippen LogP contribution is 2.19. The zero-order valence-electron chi connectivity index (χ0n) is 55.5. The van der Waals surface area contributed by atoms with Gasteiger partial charge < -0.3 is 14.2 Å². The molecule has 83 heavy (non-hydrogen) atoms. The van der Waals surface area contributed by atoms with Crippen molar-refractivity contribution in [1.82, 2.24) is 0 Å². The SMILES string of the molecule is CC/C=C\C/C=C\C/C=C\C/C=C\C/C=C\C/C=C\CCC(=O)OC(COC(=O)CCCCCCCCCCCCCCCCCCCC)COC(=O)CCCCCCCCCCCCCCCCCCCCCCCCCCCCCC. The molecule has 482 valence electrons. The molecule has 6 nitrogen and oxygen atoms in total. The topological polar surface area (TPSA) is 78.9 Å². The summed E-state index contributed by atoms with van der Waals surface area (Å²) >= 11 is 0. The first-order valence-corrected chi connectivity index (χ1v) is 36.4. The van der Waals surface area contributed by atoms with Crippen LogP contribution in [-0.4, -0.2) is 37.2 Å². The Kier molecular flexibility index (Phi) is 68.6. The maximum Gasteiger partial charge on any atom is 0.306 e. The maximum absolute atomic E-state index is 12.9. The molecular weight excluding hydrogens is 1020 g/mol. The molecule has 0 amide bonds. The van der Waals surface area contributed by atoms with Crippen LogP contribution in [0.15, 0.2) is 72.9 Å². The van der Waals surface area contributed by atoms with E-state index in [1.807, 2.05) is 6.08 Å². The number of allylic oxidation sites excluding steroid dienone is 12. The molecular formula is C77H138O6. The van der Waals surface area contributed by atoms with Crippen molar-refractivity contribution in [2.24, 2.45) is 0 Å². The molecule has 0 saturated carbocycles. The van der Waals surface area contributed by atoms with Gasteiger partial charge in [-0.25, -0.2) is 0 Å². The molecule has 1 atom stereocenters. The molecule has 0 bridgehead atoms. The van der Waals surface area contributed by atoms with E-state index >= 15 is 0 Å². The summed E-state index contributed by atoms with van der Waals surface area (Å²) in [6, 6.07) is 0. The summed E-state index contributed by atoms with van der Waals surface area (Å²) in [7, 11) is 0. The van der Waals surface area contributed by atoms with E-state index in [4.69, 9.17) is 14.2 Å². The van der Waals surface area contributed by atoms with Crippen LogP contribution in [0.3, 0.4) is 0 Å². The van der Waals surface area contributed by atoms with Gasteiger partial charge in [0, 0.05) is 19.3 Å². The van der Waals surface area contributed by atoms with E-state index in [-0.39, 0.29) is 37.5 Å². The number of hydrogen-bond acceptors (Lipinski definition) is 6. The fourth-order valence-corrected chi connectivity index (χ4v) is 10.8. The Balaban J connectivity index is 4.33. The van der Waals surface area contributed by atoms with Crippen LogP contribution in [0, 0.1) is 0 Å². The summed E-state index contributed by atoms with van der Waals surface area (Å²) < 4.78 is 16.9. The number of rotatable bonds is 67. The highest BCUT2D eigenvalue weighted by Gasteiger charge is 2.19. The maximum atomic E-state index is 12.9. The number of unbranched alkanes of at least 4 members (excludes halogenated alkanes) is 44. The third kappa shape index (κ3) is 69.5. The summed E-state index contributed by atoms with van der Waals surface area (Å²) in [5.74, 6) is -0.961. The first-order valence-electron chi connectivity index (χ1n) is 36.4. The van der Waals surface area contributed by atoms with E-state index in [0.717, 1.165) is 77.0 Å². The van der Waals surface area contributed by atoms with Gasteiger partial charge in [-0.1, -0.05) is 376 Å². The summed E-state index contributed by atoms with van der Waals surface area (Å²) in [4.78, 5) is 38.4. The average molecular weight is 1160 g/mol. The Hall–Kier alpha value is -3.15. The zero-order chi connectivity index (χ0) is 59.9. The summed E-state index contributed by atoms with van der Waals surface area (Å²) in [6.45, 7) is 6.54. The van der Waals surface area contributed by atoms with Gasteiger partial charge in [-0.05, 0) is 57.8 Å². The molecule has 0 aromatic rings. The second kappa shape index (κ2) is 71.3. The Morgan fingerprint density at radius 1 is 0.253 bits per heavy atom. The van der Waals surface area contributed by atoms with Gasteiger partial charge in [-0.2, -0.15) is 0 Å². The average Bonchev–Trinajstić information content (AvgIpc) is 3.50. The van der Waals surface area contributed by atoms with E-state index in [0.29, 0.717) is 19.3 Å². The lowest BCUT2D eigenvalue weighted by Gasteiger charge is -2.18. The lowest BCUT2D eigenvalue weighted by molar-refractivity contribution is -0.166. The lowest BCUT2D eigenvalue weighted by Crippen LogP contribution is -2.30. The first-order chi connectivity index (χ1) is 41.0. The van der Waals surface area contributed by atoms with Gasteiger partial charge in [0.25, 0.3) is 0 Å². The van der Waals surface area contributed by atoms with Gasteiger partial charge in [0.1, 0.15) is 13.2 Å². The summed E-state index contributed by atoms with van der Waals surface area (Å²) in [5, 5.41) is 0. The van der Waals surface area contributed by atoms with Gasteiger partial charge >= 0.3 is 17.9 Å². The van der Waals surface area contributed by atoms with Crippen molar-refractivity contribution in [1.29, 1.82) is 0 Å².